The standard InChI is InChI=1S/C23H22ClN3O7/c1-5-32-23(31)19-18(13(3)28)14(4)34-21(19)25-16(29)11-33-22(30)17-12(2)26-27(20(17)24)15-9-7-6-8-10-15/h6-10H,5,11H2,1-4H3,(H,25,29). The molecule has 3 aromatic rings. The molecule has 0 fully saturated rings. The number of amides is 1. The van der Waals surface area contributed by atoms with Crippen LogP contribution in [0.3, 0.4) is 0 Å². The molecular weight excluding hydrogens is 466 g/mol. The number of aryl methyl sites for hydroxylation is 2. The Hall–Kier alpha value is -3.92. The number of ketones is 1. The number of para-hydroxylation sites is 1. The summed E-state index contributed by atoms with van der Waals surface area (Å²) in [5.74, 6) is -3.05. The van der Waals surface area contributed by atoms with Crippen molar-refractivity contribution in [2.24, 2.45) is 0 Å². The van der Waals surface area contributed by atoms with E-state index in [0.29, 0.717) is 11.4 Å². The highest BCUT2D eigenvalue weighted by molar-refractivity contribution is 6.33. The van der Waals surface area contributed by atoms with Gasteiger partial charge in [0.25, 0.3) is 5.91 Å². The number of hydrogen-bond acceptors (Lipinski definition) is 8. The van der Waals surface area contributed by atoms with Crippen LogP contribution in [-0.4, -0.2) is 46.6 Å². The second kappa shape index (κ2) is 10.3. The molecule has 0 bridgehead atoms. The number of carbonyl (C=O) groups excluding carboxylic acids is 4. The molecule has 0 aliphatic heterocycles. The molecule has 178 valence electrons. The first-order chi connectivity index (χ1) is 16.1. The second-order valence-electron chi connectivity index (χ2n) is 7.14. The molecule has 0 spiro atoms. The van der Waals surface area contributed by atoms with Gasteiger partial charge in [0.15, 0.2) is 12.4 Å². The van der Waals surface area contributed by atoms with E-state index >= 15 is 0 Å². The van der Waals surface area contributed by atoms with Crippen LogP contribution < -0.4 is 5.32 Å². The lowest BCUT2D eigenvalue weighted by Crippen LogP contribution is -2.22. The van der Waals surface area contributed by atoms with E-state index in [1.165, 1.54) is 18.5 Å². The zero-order valence-electron chi connectivity index (χ0n) is 18.9. The number of rotatable bonds is 8. The molecule has 0 atom stereocenters. The quantitative estimate of drug-likeness (QED) is 0.374. The summed E-state index contributed by atoms with van der Waals surface area (Å²) in [5, 5.41) is 6.64. The van der Waals surface area contributed by atoms with E-state index in [4.69, 9.17) is 25.5 Å². The van der Waals surface area contributed by atoms with E-state index in [1.807, 2.05) is 6.07 Å². The lowest BCUT2D eigenvalue weighted by atomic mass is 10.1. The van der Waals surface area contributed by atoms with Gasteiger partial charge in [-0.15, -0.1) is 0 Å². The molecule has 3 rings (SSSR count). The van der Waals surface area contributed by atoms with Crippen LogP contribution in [0.1, 0.15) is 56.4 Å². The third-order valence-electron chi connectivity index (χ3n) is 4.71. The molecule has 0 saturated carbocycles. The number of benzene rings is 1. The maximum atomic E-state index is 12.6. The third-order valence-corrected chi connectivity index (χ3v) is 5.06. The lowest BCUT2D eigenvalue weighted by Gasteiger charge is -2.07. The smallest absolute Gasteiger partial charge is 0.344 e. The number of ether oxygens (including phenoxy) is 2. The van der Waals surface area contributed by atoms with Crippen molar-refractivity contribution in [1.29, 1.82) is 0 Å². The number of nitrogens with zero attached hydrogens (tertiary/aromatic N) is 2. The number of halogens is 1. The SMILES string of the molecule is CCOC(=O)c1c(NC(=O)COC(=O)c2c(C)nn(-c3ccccc3)c2Cl)oc(C)c1C(C)=O. The number of aromatic nitrogens is 2. The molecule has 0 aliphatic rings. The van der Waals surface area contributed by atoms with Crippen molar-refractivity contribution in [3.63, 3.8) is 0 Å². The molecule has 10 nitrogen and oxygen atoms in total. The zero-order valence-corrected chi connectivity index (χ0v) is 19.7. The Kier molecular flexibility index (Phi) is 7.52. The molecule has 0 radical (unpaired) electrons. The largest absolute Gasteiger partial charge is 0.462 e. The average Bonchev–Trinajstić information content (AvgIpc) is 3.28. The molecule has 1 amide bonds. The van der Waals surface area contributed by atoms with Crippen LogP contribution in [0.25, 0.3) is 5.69 Å². The van der Waals surface area contributed by atoms with Crippen LogP contribution in [0.4, 0.5) is 5.88 Å². The summed E-state index contributed by atoms with van der Waals surface area (Å²) in [6.45, 7) is 5.27. The predicted molar refractivity (Wildman–Crippen MR) is 122 cm³/mol. The first-order valence-corrected chi connectivity index (χ1v) is 10.6. The van der Waals surface area contributed by atoms with E-state index in [2.05, 4.69) is 10.4 Å². The first kappa shape index (κ1) is 24.7. The summed E-state index contributed by atoms with van der Waals surface area (Å²) in [5.41, 5.74) is 0.777. The van der Waals surface area contributed by atoms with Gasteiger partial charge in [-0.05, 0) is 39.8 Å². The Morgan fingerprint density at radius 2 is 1.68 bits per heavy atom. The average molecular weight is 488 g/mol. The van der Waals surface area contributed by atoms with E-state index in [1.54, 1.807) is 38.1 Å². The van der Waals surface area contributed by atoms with Gasteiger partial charge in [-0.25, -0.2) is 14.3 Å². The van der Waals surface area contributed by atoms with Crippen molar-refractivity contribution in [3.05, 3.63) is 63.6 Å². The van der Waals surface area contributed by atoms with Crippen molar-refractivity contribution in [2.45, 2.75) is 27.7 Å². The zero-order chi connectivity index (χ0) is 25.0. The molecule has 1 N–H and O–H groups in total. The van der Waals surface area contributed by atoms with Crippen LogP contribution >= 0.6 is 11.6 Å². The van der Waals surface area contributed by atoms with Crippen molar-refractivity contribution in [3.8, 4) is 5.69 Å². The molecule has 11 heteroatoms. The molecule has 1 aromatic carbocycles. The van der Waals surface area contributed by atoms with E-state index in [9.17, 15) is 19.2 Å². The maximum Gasteiger partial charge on any atom is 0.344 e. The predicted octanol–water partition coefficient (Wildman–Crippen LogP) is 3.91. The molecule has 2 aromatic heterocycles. The Labute approximate surface area is 199 Å². The summed E-state index contributed by atoms with van der Waals surface area (Å²) < 4.78 is 16.8. The number of Topliss-reactive ketones (excluding diaryl/α,β-unsaturated/α-hetero) is 1. The normalized spacial score (nSPS) is 10.6. The van der Waals surface area contributed by atoms with Crippen LogP contribution in [0.2, 0.25) is 5.15 Å². The van der Waals surface area contributed by atoms with Gasteiger partial charge in [-0.2, -0.15) is 5.10 Å². The number of anilines is 1. The molecular formula is C23H22ClN3O7. The Morgan fingerprint density at radius 3 is 2.29 bits per heavy atom. The van der Waals surface area contributed by atoms with Gasteiger partial charge < -0.3 is 13.9 Å². The third kappa shape index (κ3) is 5.01. The van der Waals surface area contributed by atoms with Crippen molar-refractivity contribution < 1.29 is 33.1 Å². The number of carbonyl (C=O) groups is 4. The van der Waals surface area contributed by atoms with Crippen LogP contribution in [0.15, 0.2) is 34.7 Å². The fourth-order valence-corrected chi connectivity index (χ4v) is 3.64. The monoisotopic (exact) mass is 487 g/mol. The number of hydrogen-bond donors (Lipinski definition) is 1. The highest BCUT2D eigenvalue weighted by atomic mass is 35.5. The minimum absolute atomic E-state index is 0.00137. The van der Waals surface area contributed by atoms with E-state index < -0.39 is 30.2 Å². The molecule has 0 aliphatic carbocycles. The fourth-order valence-electron chi connectivity index (χ4n) is 3.29. The van der Waals surface area contributed by atoms with Gasteiger partial charge in [-0.3, -0.25) is 14.9 Å². The van der Waals surface area contributed by atoms with E-state index in [0.717, 1.165) is 0 Å². The Bertz CT molecular complexity index is 1260. The van der Waals surface area contributed by atoms with Crippen molar-refractivity contribution in [2.75, 3.05) is 18.5 Å². The molecule has 0 unspecified atom stereocenters. The van der Waals surface area contributed by atoms with Gasteiger partial charge in [0.2, 0.25) is 5.88 Å². The summed E-state index contributed by atoms with van der Waals surface area (Å²) >= 11 is 6.34. The summed E-state index contributed by atoms with van der Waals surface area (Å²) in [6, 6.07) is 8.95. The number of nitrogens with one attached hydrogen (secondary N) is 1. The van der Waals surface area contributed by atoms with Gasteiger partial charge >= 0.3 is 11.9 Å². The molecule has 34 heavy (non-hydrogen) atoms. The van der Waals surface area contributed by atoms with Gasteiger partial charge in [-0.1, -0.05) is 29.8 Å². The molecule has 0 saturated heterocycles. The van der Waals surface area contributed by atoms with Gasteiger partial charge in [0.05, 0.1) is 23.6 Å². The van der Waals surface area contributed by atoms with Crippen molar-refractivity contribution >= 4 is 41.1 Å². The minimum Gasteiger partial charge on any atom is -0.462 e. The summed E-state index contributed by atoms with van der Waals surface area (Å²) in [6.07, 6.45) is 0. The van der Waals surface area contributed by atoms with Crippen LogP contribution in [0.5, 0.6) is 0 Å². The Morgan fingerprint density at radius 1 is 1.03 bits per heavy atom. The van der Waals surface area contributed by atoms with Crippen molar-refractivity contribution in [1.82, 2.24) is 9.78 Å². The molecule has 2 heterocycles. The van der Waals surface area contributed by atoms with Gasteiger partial charge in [0.1, 0.15) is 22.0 Å². The van der Waals surface area contributed by atoms with Gasteiger partial charge in [0, 0.05) is 0 Å². The first-order valence-electron chi connectivity index (χ1n) is 10.2. The highest BCUT2D eigenvalue weighted by Crippen LogP contribution is 2.29. The fraction of sp³-hybridized carbons (Fsp3) is 0.261. The van der Waals surface area contributed by atoms with Crippen LogP contribution in [0, 0.1) is 13.8 Å². The maximum absolute atomic E-state index is 12.6. The number of furan rings is 1. The highest BCUT2D eigenvalue weighted by Gasteiger charge is 2.29. The summed E-state index contributed by atoms with van der Waals surface area (Å²) in [7, 11) is 0. The Balaban J connectivity index is 1.75. The van der Waals surface area contributed by atoms with Crippen LogP contribution in [-0.2, 0) is 14.3 Å². The minimum atomic E-state index is -0.856. The van der Waals surface area contributed by atoms with E-state index in [-0.39, 0.29) is 40.1 Å². The topological polar surface area (TPSA) is 130 Å². The second-order valence-corrected chi connectivity index (χ2v) is 7.49. The number of esters is 2. The summed E-state index contributed by atoms with van der Waals surface area (Å²) in [4.78, 5) is 49.3. The lowest BCUT2D eigenvalue weighted by molar-refractivity contribution is -0.119.